The molecule has 2 aromatic heterocycles. The van der Waals surface area contributed by atoms with Crippen LogP contribution in [0.1, 0.15) is 43.0 Å². The Bertz CT molecular complexity index is 798. The van der Waals surface area contributed by atoms with Crippen LogP contribution >= 0.6 is 11.6 Å². The summed E-state index contributed by atoms with van der Waals surface area (Å²) in [6.45, 7) is 0. The van der Waals surface area contributed by atoms with Gasteiger partial charge in [0, 0.05) is 18.5 Å². The van der Waals surface area contributed by atoms with E-state index in [9.17, 15) is 0 Å². The van der Waals surface area contributed by atoms with E-state index >= 15 is 0 Å². The number of hydrogen-bond acceptors (Lipinski definition) is 3. The Hall–Kier alpha value is -1.91. The Labute approximate surface area is 147 Å². The Morgan fingerprint density at radius 1 is 1.17 bits per heavy atom. The van der Waals surface area contributed by atoms with Crippen molar-refractivity contribution in [3.05, 3.63) is 59.0 Å². The molecule has 4 nitrogen and oxygen atoms in total. The number of aryl methyl sites for hydroxylation is 2. The highest BCUT2D eigenvalue weighted by Crippen LogP contribution is 2.23. The van der Waals surface area contributed by atoms with E-state index in [0.717, 1.165) is 48.7 Å². The van der Waals surface area contributed by atoms with Crippen LogP contribution in [-0.2, 0) is 13.5 Å². The molecule has 24 heavy (non-hydrogen) atoms. The van der Waals surface area contributed by atoms with Gasteiger partial charge < -0.3 is 5.73 Å². The maximum Gasteiger partial charge on any atom is 0.130 e. The lowest BCUT2D eigenvalue weighted by Crippen LogP contribution is -2.09. The third-order valence-corrected chi connectivity index (χ3v) is 4.61. The van der Waals surface area contributed by atoms with E-state index in [1.807, 2.05) is 42.2 Å². The molecule has 0 radical (unpaired) electrons. The second kappa shape index (κ2) is 7.77. The fraction of sp³-hybridized carbons (Fsp3) is 0.368. The van der Waals surface area contributed by atoms with Crippen LogP contribution < -0.4 is 5.73 Å². The van der Waals surface area contributed by atoms with Gasteiger partial charge in [0.1, 0.15) is 5.15 Å². The van der Waals surface area contributed by atoms with Gasteiger partial charge in [-0.2, -0.15) is 5.10 Å². The highest BCUT2D eigenvalue weighted by Gasteiger charge is 2.10. The van der Waals surface area contributed by atoms with Crippen molar-refractivity contribution in [1.29, 1.82) is 0 Å². The highest BCUT2D eigenvalue weighted by molar-refractivity contribution is 6.30. The van der Waals surface area contributed by atoms with Crippen LogP contribution in [0.2, 0.25) is 5.15 Å². The van der Waals surface area contributed by atoms with Gasteiger partial charge in [-0.1, -0.05) is 54.8 Å². The van der Waals surface area contributed by atoms with E-state index in [1.165, 1.54) is 5.56 Å². The topological polar surface area (TPSA) is 56.7 Å². The van der Waals surface area contributed by atoms with Crippen LogP contribution in [0.25, 0.3) is 10.9 Å². The second-order valence-corrected chi connectivity index (χ2v) is 6.60. The molecule has 3 aromatic rings. The lowest BCUT2D eigenvalue weighted by molar-refractivity contribution is 0.568. The van der Waals surface area contributed by atoms with E-state index in [-0.39, 0.29) is 6.04 Å². The first-order chi connectivity index (χ1) is 11.6. The smallest absolute Gasteiger partial charge is 0.130 e. The van der Waals surface area contributed by atoms with Gasteiger partial charge in [0.15, 0.2) is 0 Å². The predicted molar refractivity (Wildman–Crippen MR) is 99.1 cm³/mol. The Morgan fingerprint density at radius 2 is 1.96 bits per heavy atom. The minimum atomic E-state index is 0.124. The Kier molecular flexibility index (Phi) is 5.48. The molecule has 0 saturated carbocycles. The SMILES string of the molecule is Cn1ncc2cc(Cl)nc(CCCCC[C@H](N)c3ccccc3)c21. The molecule has 0 fully saturated rings. The summed E-state index contributed by atoms with van der Waals surface area (Å²) in [7, 11) is 1.94. The first kappa shape index (κ1) is 16.9. The van der Waals surface area contributed by atoms with Crippen LogP contribution in [0, 0.1) is 0 Å². The first-order valence-corrected chi connectivity index (χ1v) is 8.80. The number of unbranched alkanes of at least 4 members (excludes halogenated alkanes) is 2. The lowest BCUT2D eigenvalue weighted by Gasteiger charge is -2.11. The molecule has 126 valence electrons. The summed E-state index contributed by atoms with van der Waals surface area (Å²) in [6, 6.07) is 12.3. The zero-order chi connectivity index (χ0) is 16.9. The van der Waals surface area contributed by atoms with Crippen molar-refractivity contribution < 1.29 is 0 Å². The van der Waals surface area contributed by atoms with Gasteiger partial charge in [0.05, 0.1) is 17.4 Å². The average Bonchev–Trinajstić information content (AvgIpc) is 2.96. The van der Waals surface area contributed by atoms with E-state index < -0.39 is 0 Å². The molecule has 2 heterocycles. The molecule has 0 aliphatic heterocycles. The van der Waals surface area contributed by atoms with Gasteiger partial charge in [-0.3, -0.25) is 4.68 Å². The fourth-order valence-electron chi connectivity index (χ4n) is 3.13. The molecule has 0 aliphatic carbocycles. The monoisotopic (exact) mass is 342 g/mol. The van der Waals surface area contributed by atoms with Gasteiger partial charge in [-0.15, -0.1) is 0 Å². The van der Waals surface area contributed by atoms with Crippen LogP contribution in [0.4, 0.5) is 0 Å². The summed E-state index contributed by atoms with van der Waals surface area (Å²) in [5.74, 6) is 0. The number of rotatable bonds is 7. The highest BCUT2D eigenvalue weighted by atomic mass is 35.5. The maximum absolute atomic E-state index is 6.25. The van der Waals surface area contributed by atoms with Crippen molar-refractivity contribution in [3.8, 4) is 0 Å². The molecule has 5 heteroatoms. The molecule has 0 unspecified atom stereocenters. The molecule has 0 saturated heterocycles. The number of nitrogens with two attached hydrogens (primary N) is 1. The molecule has 0 amide bonds. The number of benzene rings is 1. The van der Waals surface area contributed by atoms with Crippen LogP contribution in [0.15, 0.2) is 42.6 Å². The number of aromatic nitrogens is 3. The van der Waals surface area contributed by atoms with Crippen LogP contribution in [0.3, 0.4) is 0 Å². The zero-order valence-corrected chi connectivity index (χ0v) is 14.7. The van der Waals surface area contributed by atoms with Crippen molar-refractivity contribution in [2.45, 2.75) is 38.1 Å². The maximum atomic E-state index is 6.25. The van der Waals surface area contributed by atoms with E-state index in [4.69, 9.17) is 17.3 Å². The molecular formula is C19H23ClN4. The van der Waals surface area contributed by atoms with Gasteiger partial charge in [-0.05, 0) is 30.9 Å². The minimum Gasteiger partial charge on any atom is -0.324 e. The van der Waals surface area contributed by atoms with Gasteiger partial charge in [0.2, 0.25) is 0 Å². The standard InChI is InChI=1S/C19H23ClN4/c1-24-19-15(13-22-24)12-18(20)23-17(19)11-7-3-6-10-16(21)14-8-4-2-5-9-14/h2,4-5,8-9,12-13,16H,3,6-7,10-11,21H2,1H3/t16-/m0/s1. The summed E-state index contributed by atoms with van der Waals surface area (Å²) in [4.78, 5) is 4.49. The quantitative estimate of drug-likeness (QED) is 0.510. The number of halogens is 1. The lowest BCUT2D eigenvalue weighted by atomic mass is 10.0. The first-order valence-electron chi connectivity index (χ1n) is 8.43. The van der Waals surface area contributed by atoms with Crippen molar-refractivity contribution in [3.63, 3.8) is 0 Å². The number of nitrogens with zero attached hydrogens (tertiary/aromatic N) is 3. The molecule has 0 spiro atoms. The molecule has 0 aliphatic rings. The van der Waals surface area contributed by atoms with Crippen molar-refractivity contribution >= 4 is 22.5 Å². The third kappa shape index (κ3) is 3.94. The molecule has 2 N–H and O–H groups in total. The van der Waals surface area contributed by atoms with Crippen molar-refractivity contribution in [2.75, 3.05) is 0 Å². The predicted octanol–water partition coefficient (Wildman–Crippen LogP) is 4.42. The molecule has 0 bridgehead atoms. The summed E-state index contributed by atoms with van der Waals surface area (Å²) in [5.41, 5.74) is 9.58. The van der Waals surface area contributed by atoms with Gasteiger partial charge >= 0.3 is 0 Å². The Balaban J connectivity index is 1.51. The summed E-state index contributed by atoms with van der Waals surface area (Å²) >= 11 is 6.12. The van der Waals surface area contributed by atoms with Crippen molar-refractivity contribution in [1.82, 2.24) is 14.8 Å². The number of pyridine rings is 1. The largest absolute Gasteiger partial charge is 0.324 e. The summed E-state index contributed by atoms with van der Waals surface area (Å²) in [6.07, 6.45) is 7.09. The van der Waals surface area contributed by atoms with E-state index in [0.29, 0.717) is 5.15 Å². The molecule has 1 aromatic carbocycles. The summed E-state index contributed by atoms with van der Waals surface area (Å²) < 4.78 is 1.87. The summed E-state index contributed by atoms with van der Waals surface area (Å²) in [5, 5.41) is 5.89. The molecule has 1 atom stereocenters. The molecular weight excluding hydrogens is 320 g/mol. The third-order valence-electron chi connectivity index (χ3n) is 4.41. The number of fused-ring (bicyclic) bond motifs is 1. The van der Waals surface area contributed by atoms with Gasteiger partial charge in [0.25, 0.3) is 0 Å². The Morgan fingerprint density at radius 3 is 2.75 bits per heavy atom. The second-order valence-electron chi connectivity index (χ2n) is 6.21. The normalized spacial score (nSPS) is 12.6. The van der Waals surface area contributed by atoms with Crippen LogP contribution in [-0.4, -0.2) is 14.8 Å². The number of hydrogen-bond donors (Lipinski definition) is 1. The average molecular weight is 343 g/mol. The van der Waals surface area contributed by atoms with Crippen LogP contribution in [0.5, 0.6) is 0 Å². The zero-order valence-electron chi connectivity index (χ0n) is 14.0. The van der Waals surface area contributed by atoms with E-state index in [2.05, 4.69) is 22.2 Å². The molecule has 3 rings (SSSR count). The minimum absolute atomic E-state index is 0.124. The van der Waals surface area contributed by atoms with E-state index in [1.54, 1.807) is 0 Å². The van der Waals surface area contributed by atoms with Gasteiger partial charge in [-0.25, -0.2) is 4.98 Å². The fourth-order valence-corrected chi connectivity index (χ4v) is 3.35. The van der Waals surface area contributed by atoms with Crippen molar-refractivity contribution in [2.24, 2.45) is 12.8 Å².